The molecule has 112 valence electrons. The molecule has 0 amide bonds. The first-order valence-electron chi connectivity index (χ1n) is 7.15. The molecule has 1 N–H and O–H groups in total. The first-order valence-corrected chi connectivity index (χ1v) is 7.95. The first-order chi connectivity index (χ1) is 10.0. The Morgan fingerprint density at radius 2 is 1.95 bits per heavy atom. The molecule has 1 heterocycles. The molecule has 1 atom stereocenters. The summed E-state index contributed by atoms with van der Waals surface area (Å²) < 4.78 is 7.14. The number of hydrogen-bond donors (Lipinski definition) is 1. The summed E-state index contributed by atoms with van der Waals surface area (Å²) in [7, 11) is 0. The van der Waals surface area contributed by atoms with Gasteiger partial charge in [-0.15, -0.1) is 0 Å². The zero-order valence-electron chi connectivity index (χ0n) is 12.9. The van der Waals surface area contributed by atoms with E-state index in [1.165, 1.54) is 0 Å². The van der Waals surface area contributed by atoms with Crippen molar-refractivity contribution in [2.24, 2.45) is 0 Å². The Hall–Kier alpha value is -1.39. The van der Waals surface area contributed by atoms with Gasteiger partial charge in [0.25, 0.3) is 0 Å². The van der Waals surface area contributed by atoms with Crippen molar-refractivity contribution in [3.63, 3.8) is 0 Å². The van der Waals surface area contributed by atoms with E-state index in [1.807, 2.05) is 24.3 Å². The number of ether oxygens (including phenoxy) is 1. The number of aryl methyl sites for hydroxylation is 2. The van der Waals surface area contributed by atoms with Crippen molar-refractivity contribution in [3.8, 4) is 11.6 Å². The number of pyridine rings is 1. The maximum atomic E-state index is 6.02. The summed E-state index contributed by atoms with van der Waals surface area (Å²) in [6.07, 6.45) is 1.76. The molecule has 0 saturated heterocycles. The number of aromatic nitrogens is 1. The predicted molar refractivity (Wildman–Crippen MR) is 90.0 cm³/mol. The lowest BCUT2D eigenvalue weighted by molar-refractivity contribution is 0.443. The number of hydrogen-bond acceptors (Lipinski definition) is 3. The van der Waals surface area contributed by atoms with Crippen LogP contribution in [0.25, 0.3) is 0 Å². The van der Waals surface area contributed by atoms with Gasteiger partial charge in [-0.2, -0.15) is 0 Å². The molecule has 2 aromatic rings. The number of benzene rings is 1. The molecule has 0 radical (unpaired) electrons. The molecule has 0 aliphatic carbocycles. The minimum Gasteiger partial charge on any atom is -0.439 e. The summed E-state index contributed by atoms with van der Waals surface area (Å²) in [5.74, 6) is 1.48. The fraction of sp³-hybridized carbons (Fsp3) is 0.353. The van der Waals surface area contributed by atoms with E-state index in [0.717, 1.165) is 33.5 Å². The van der Waals surface area contributed by atoms with Crippen LogP contribution in [0.15, 0.2) is 34.9 Å². The summed E-state index contributed by atoms with van der Waals surface area (Å²) in [6, 6.07) is 8.24. The van der Waals surface area contributed by atoms with Crippen LogP contribution < -0.4 is 10.1 Å². The largest absolute Gasteiger partial charge is 0.439 e. The van der Waals surface area contributed by atoms with Crippen LogP contribution in [-0.2, 0) is 0 Å². The molecule has 21 heavy (non-hydrogen) atoms. The normalized spacial score (nSPS) is 12.2. The van der Waals surface area contributed by atoms with Crippen LogP contribution in [0.5, 0.6) is 11.6 Å². The van der Waals surface area contributed by atoms with Crippen molar-refractivity contribution in [1.82, 2.24) is 10.3 Å². The summed E-state index contributed by atoms with van der Waals surface area (Å²) in [5, 5.41) is 3.39. The van der Waals surface area contributed by atoms with Crippen molar-refractivity contribution in [3.05, 3.63) is 51.6 Å². The maximum absolute atomic E-state index is 6.02. The fourth-order valence-electron chi connectivity index (χ4n) is 2.31. The molecule has 0 bridgehead atoms. The molecule has 0 aliphatic rings. The molecule has 0 spiro atoms. The fourth-order valence-corrected chi connectivity index (χ4v) is 2.54. The number of halogens is 1. The molecule has 0 aliphatic heterocycles. The van der Waals surface area contributed by atoms with E-state index >= 15 is 0 Å². The lowest BCUT2D eigenvalue weighted by Crippen LogP contribution is -2.18. The van der Waals surface area contributed by atoms with E-state index in [2.05, 4.69) is 53.9 Å². The lowest BCUT2D eigenvalue weighted by atomic mass is 10.1. The van der Waals surface area contributed by atoms with Gasteiger partial charge in [0, 0.05) is 22.3 Å². The molecule has 2 rings (SSSR count). The van der Waals surface area contributed by atoms with Crippen molar-refractivity contribution < 1.29 is 4.74 Å². The highest BCUT2D eigenvalue weighted by atomic mass is 79.9. The average molecular weight is 349 g/mol. The van der Waals surface area contributed by atoms with Crippen molar-refractivity contribution in [1.29, 1.82) is 0 Å². The van der Waals surface area contributed by atoms with Gasteiger partial charge in [-0.05, 0) is 56.6 Å². The summed E-state index contributed by atoms with van der Waals surface area (Å²) in [4.78, 5) is 4.39. The Morgan fingerprint density at radius 1 is 1.29 bits per heavy atom. The summed E-state index contributed by atoms with van der Waals surface area (Å²) >= 11 is 3.58. The van der Waals surface area contributed by atoms with Gasteiger partial charge in [0.15, 0.2) is 0 Å². The van der Waals surface area contributed by atoms with E-state index in [1.54, 1.807) is 6.20 Å². The van der Waals surface area contributed by atoms with Gasteiger partial charge in [-0.3, -0.25) is 0 Å². The van der Waals surface area contributed by atoms with Gasteiger partial charge < -0.3 is 10.1 Å². The van der Waals surface area contributed by atoms with Crippen LogP contribution in [0.3, 0.4) is 0 Å². The third-order valence-corrected chi connectivity index (χ3v) is 4.65. The van der Waals surface area contributed by atoms with Gasteiger partial charge in [0.2, 0.25) is 5.88 Å². The summed E-state index contributed by atoms with van der Waals surface area (Å²) in [5.41, 5.74) is 3.38. The molecule has 0 fully saturated rings. The highest BCUT2D eigenvalue weighted by molar-refractivity contribution is 9.10. The topological polar surface area (TPSA) is 34.2 Å². The van der Waals surface area contributed by atoms with Crippen LogP contribution in [0.4, 0.5) is 0 Å². The molecule has 0 saturated carbocycles. The van der Waals surface area contributed by atoms with E-state index in [0.29, 0.717) is 5.88 Å². The van der Waals surface area contributed by atoms with Crippen LogP contribution in [0, 0.1) is 13.8 Å². The number of nitrogens with one attached hydrogen (secondary N) is 1. The molecular formula is C17H21BrN2O. The van der Waals surface area contributed by atoms with Crippen LogP contribution in [-0.4, -0.2) is 11.5 Å². The third kappa shape index (κ3) is 3.83. The van der Waals surface area contributed by atoms with Crippen LogP contribution in [0.1, 0.15) is 36.6 Å². The second-order valence-corrected chi connectivity index (χ2v) is 5.94. The minimum atomic E-state index is 0.205. The quantitative estimate of drug-likeness (QED) is 0.832. The van der Waals surface area contributed by atoms with E-state index in [-0.39, 0.29) is 6.04 Å². The molecule has 1 unspecified atom stereocenters. The van der Waals surface area contributed by atoms with Gasteiger partial charge in [-0.1, -0.05) is 28.9 Å². The minimum absolute atomic E-state index is 0.205. The molecular weight excluding hydrogens is 328 g/mol. The van der Waals surface area contributed by atoms with Crippen molar-refractivity contribution >= 4 is 15.9 Å². The Kier molecular flexibility index (Phi) is 5.37. The highest BCUT2D eigenvalue weighted by Gasteiger charge is 2.13. The Bertz CT molecular complexity index is 605. The Labute approximate surface area is 134 Å². The SMILES string of the molecule is CCNC(C)c1cccnc1Oc1cc(C)c(Br)c(C)c1. The highest BCUT2D eigenvalue weighted by Crippen LogP contribution is 2.31. The van der Waals surface area contributed by atoms with Crippen LogP contribution >= 0.6 is 15.9 Å². The monoisotopic (exact) mass is 348 g/mol. The maximum Gasteiger partial charge on any atom is 0.223 e. The van der Waals surface area contributed by atoms with Crippen molar-refractivity contribution in [2.75, 3.05) is 6.54 Å². The standard InChI is InChI=1S/C17H21BrN2O/c1-5-19-13(4)15-7-6-8-20-17(15)21-14-9-11(2)16(18)12(3)10-14/h6-10,13,19H,5H2,1-4H3. The smallest absolute Gasteiger partial charge is 0.223 e. The molecule has 1 aromatic heterocycles. The zero-order chi connectivity index (χ0) is 15.4. The Morgan fingerprint density at radius 3 is 2.57 bits per heavy atom. The molecule has 1 aromatic carbocycles. The van der Waals surface area contributed by atoms with Crippen LogP contribution in [0.2, 0.25) is 0 Å². The molecule has 3 nitrogen and oxygen atoms in total. The zero-order valence-corrected chi connectivity index (χ0v) is 14.5. The van der Waals surface area contributed by atoms with Gasteiger partial charge in [0.1, 0.15) is 5.75 Å². The summed E-state index contributed by atoms with van der Waals surface area (Å²) in [6.45, 7) is 9.24. The number of rotatable bonds is 5. The second-order valence-electron chi connectivity index (χ2n) is 5.15. The van der Waals surface area contributed by atoms with Crippen molar-refractivity contribution in [2.45, 2.75) is 33.7 Å². The second kappa shape index (κ2) is 7.05. The van der Waals surface area contributed by atoms with E-state index in [9.17, 15) is 0 Å². The first kappa shape index (κ1) is 16.0. The van der Waals surface area contributed by atoms with Gasteiger partial charge >= 0.3 is 0 Å². The predicted octanol–water partition coefficient (Wildman–Crippen LogP) is 4.92. The molecule has 4 heteroatoms. The third-order valence-electron chi connectivity index (χ3n) is 3.40. The van der Waals surface area contributed by atoms with E-state index in [4.69, 9.17) is 4.74 Å². The van der Waals surface area contributed by atoms with Gasteiger partial charge in [-0.25, -0.2) is 4.98 Å². The lowest BCUT2D eigenvalue weighted by Gasteiger charge is -2.17. The van der Waals surface area contributed by atoms with Gasteiger partial charge in [0.05, 0.1) is 0 Å². The Balaban J connectivity index is 2.32. The number of nitrogens with zero attached hydrogens (tertiary/aromatic N) is 1. The van der Waals surface area contributed by atoms with E-state index < -0.39 is 0 Å². The average Bonchev–Trinajstić information content (AvgIpc) is 2.45.